The third-order valence-corrected chi connectivity index (χ3v) is 15.8. The van der Waals surface area contributed by atoms with E-state index < -0.39 is 32.8 Å². The smallest absolute Gasteiger partial charge is 0.183 e. The van der Waals surface area contributed by atoms with Crippen LogP contribution in [0.4, 0.5) is 0 Å². The van der Waals surface area contributed by atoms with Crippen molar-refractivity contribution in [1.82, 2.24) is 0 Å². The maximum absolute atomic E-state index is 6.25. The van der Waals surface area contributed by atoms with Crippen LogP contribution in [0.1, 0.15) is 19.8 Å². The molecule has 0 fully saturated rings. The molecule has 0 aromatic carbocycles. The number of hydrogen-bond acceptors (Lipinski definition) is 2. The lowest BCUT2D eigenvalue weighted by molar-refractivity contribution is 0.332. The summed E-state index contributed by atoms with van der Waals surface area (Å²) in [4.78, 5) is 0. The maximum Gasteiger partial charge on any atom is 0.183 e. The van der Waals surface area contributed by atoms with Gasteiger partial charge in [0.25, 0.3) is 0 Å². The Morgan fingerprint density at radius 2 is 0.969 bits per heavy atom. The zero-order valence-corrected chi connectivity index (χ0v) is 26.9. The molecule has 0 aromatic heterocycles. The van der Waals surface area contributed by atoms with Gasteiger partial charge in [-0.15, -0.1) is 0 Å². The molecule has 2 aliphatic rings. The highest BCUT2D eigenvalue weighted by Crippen LogP contribution is 2.43. The fraction of sp³-hybridized carbons (Fsp3) is 0.692. The van der Waals surface area contributed by atoms with Crippen molar-refractivity contribution in [3.63, 3.8) is 0 Å². The van der Waals surface area contributed by atoms with Gasteiger partial charge in [0.15, 0.2) is 16.6 Å². The van der Waals surface area contributed by atoms with Gasteiger partial charge >= 0.3 is 0 Å². The Hall–Kier alpha value is -0.252. The minimum absolute atomic E-state index is 0.506. The third-order valence-electron chi connectivity index (χ3n) is 6.86. The van der Waals surface area contributed by atoms with Crippen molar-refractivity contribution in [3.05, 3.63) is 45.8 Å². The van der Waals surface area contributed by atoms with Crippen LogP contribution < -0.4 is 0 Å². The summed E-state index contributed by atoms with van der Waals surface area (Å²) < 4.78 is 12.5. The van der Waals surface area contributed by atoms with Crippen molar-refractivity contribution in [3.8, 4) is 0 Å². The molecule has 32 heavy (non-hydrogen) atoms. The minimum atomic E-state index is -1.52. The van der Waals surface area contributed by atoms with E-state index in [1.54, 1.807) is 21.5 Å². The summed E-state index contributed by atoms with van der Waals surface area (Å²) in [5, 5.41) is 3.38. The molecule has 0 N–H and O–H groups in total. The standard InChI is InChI=1S/C26H50O2Si4/c1-22(23-14-12-16-25(23)31(8,9)20-18-27-29(2,3)4)24-15-13-17-26(24)32(10,11)21-19-28-30(5,6)7/h14-17,22H,12-13,18-21H2,1-11H3. The Morgan fingerprint density at radius 1 is 0.625 bits per heavy atom. The first kappa shape index (κ1) is 28.0. The Kier molecular flexibility index (Phi) is 9.24. The molecule has 0 spiro atoms. The van der Waals surface area contributed by atoms with Crippen molar-refractivity contribution < 1.29 is 8.85 Å². The van der Waals surface area contributed by atoms with E-state index in [1.165, 1.54) is 12.1 Å². The van der Waals surface area contributed by atoms with E-state index >= 15 is 0 Å². The molecule has 0 amide bonds. The van der Waals surface area contributed by atoms with Crippen LogP contribution in [0.3, 0.4) is 0 Å². The summed E-state index contributed by atoms with van der Waals surface area (Å²) in [6.07, 6.45) is 12.3. The predicted octanol–water partition coefficient (Wildman–Crippen LogP) is 8.33. The van der Waals surface area contributed by atoms with Gasteiger partial charge in [-0.05, 0) is 75.4 Å². The molecule has 0 unspecified atom stereocenters. The van der Waals surface area contributed by atoms with Crippen LogP contribution >= 0.6 is 0 Å². The van der Waals surface area contributed by atoms with Gasteiger partial charge in [0.2, 0.25) is 0 Å². The zero-order valence-electron chi connectivity index (χ0n) is 22.9. The average Bonchev–Trinajstić information content (AvgIpc) is 3.28. The van der Waals surface area contributed by atoms with Crippen molar-refractivity contribution in [2.75, 3.05) is 13.2 Å². The fourth-order valence-corrected chi connectivity index (χ4v) is 12.0. The van der Waals surface area contributed by atoms with Crippen molar-refractivity contribution in [2.45, 2.75) is 97.3 Å². The molecule has 0 heterocycles. The SMILES string of the molecule is CC(C1=CCC=C1[Si](C)(C)CCO[Si](C)(C)C)C1=CCC=C1[Si](C)(C)CCO[Si](C)(C)C. The highest BCUT2D eigenvalue weighted by molar-refractivity contribution is 6.86. The average molecular weight is 507 g/mol. The van der Waals surface area contributed by atoms with Gasteiger partial charge in [0.05, 0.1) is 16.1 Å². The van der Waals surface area contributed by atoms with Gasteiger partial charge in [-0.2, -0.15) is 0 Å². The third kappa shape index (κ3) is 7.91. The lowest BCUT2D eigenvalue weighted by Gasteiger charge is -2.34. The minimum Gasteiger partial charge on any atom is -0.418 e. The second-order valence-corrected chi connectivity index (χ2v) is 31.6. The van der Waals surface area contributed by atoms with Crippen LogP contribution in [-0.2, 0) is 8.85 Å². The molecule has 2 nitrogen and oxygen atoms in total. The van der Waals surface area contributed by atoms with Crippen LogP contribution in [0.25, 0.3) is 0 Å². The molecule has 0 bridgehead atoms. The summed E-state index contributed by atoms with van der Waals surface area (Å²) in [7, 11) is -5.92. The van der Waals surface area contributed by atoms with Gasteiger partial charge in [-0.3, -0.25) is 0 Å². The molecule has 2 rings (SSSR count). The Balaban J connectivity index is 2.10. The molecule has 0 aliphatic heterocycles. The Labute approximate surface area is 203 Å². The molecule has 0 saturated heterocycles. The molecule has 182 valence electrons. The lowest BCUT2D eigenvalue weighted by Crippen LogP contribution is -2.36. The predicted molar refractivity (Wildman–Crippen MR) is 154 cm³/mol. The van der Waals surface area contributed by atoms with E-state index in [-0.39, 0.29) is 0 Å². The highest BCUT2D eigenvalue weighted by Gasteiger charge is 2.37. The first-order chi connectivity index (χ1) is 14.5. The van der Waals surface area contributed by atoms with E-state index in [0.717, 1.165) is 26.1 Å². The van der Waals surface area contributed by atoms with Crippen molar-refractivity contribution >= 4 is 32.8 Å². The molecule has 0 radical (unpaired) electrons. The van der Waals surface area contributed by atoms with Gasteiger partial charge < -0.3 is 8.85 Å². The summed E-state index contributed by atoms with van der Waals surface area (Å²) in [6, 6.07) is 2.45. The first-order valence-corrected chi connectivity index (χ1v) is 25.9. The van der Waals surface area contributed by atoms with Gasteiger partial charge in [0, 0.05) is 19.1 Å². The lowest BCUT2D eigenvalue weighted by atomic mass is 9.93. The molecule has 0 atom stereocenters. The summed E-state index contributed by atoms with van der Waals surface area (Å²) in [5.41, 5.74) is 3.24. The van der Waals surface area contributed by atoms with Crippen LogP contribution in [0.15, 0.2) is 45.8 Å². The Bertz CT molecular complexity index is 724. The van der Waals surface area contributed by atoms with Gasteiger partial charge in [-0.25, -0.2) is 0 Å². The van der Waals surface area contributed by atoms with Crippen LogP contribution in [-0.4, -0.2) is 46.0 Å². The molecule has 2 aliphatic carbocycles. The van der Waals surface area contributed by atoms with Crippen LogP contribution in [0.2, 0.25) is 77.6 Å². The Morgan fingerprint density at radius 3 is 1.28 bits per heavy atom. The summed E-state index contributed by atoms with van der Waals surface area (Å²) in [6.45, 7) is 28.3. The van der Waals surface area contributed by atoms with E-state index in [4.69, 9.17) is 8.85 Å². The summed E-state index contributed by atoms with van der Waals surface area (Å²) in [5.74, 6) is 0.506. The number of hydrogen-bond donors (Lipinski definition) is 0. The fourth-order valence-electron chi connectivity index (χ4n) is 4.88. The van der Waals surface area contributed by atoms with E-state index in [1.807, 2.05) is 0 Å². The van der Waals surface area contributed by atoms with E-state index in [9.17, 15) is 0 Å². The first-order valence-electron chi connectivity index (χ1n) is 12.6. The van der Waals surface area contributed by atoms with Crippen molar-refractivity contribution in [1.29, 1.82) is 0 Å². The number of rotatable bonds is 12. The second-order valence-electron chi connectivity index (χ2n) is 12.9. The van der Waals surface area contributed by atoms with Crippen LogP contribution in [0.5, 0.6) is 0 Å². The molecule has 0 aromatic rings. The molecule has 0 saturated carbocycles. The van der Waals surface area contributed by atoms with Gasteiger partial charge in [0.1, 0.15) is 0 Å². The van der Waals surface area contributed by atoms with Crippen molar-refractivity contribution in [2.24, 2.45) is 5.92 Å². The monoisotopic (exact) mass is 506 g/mol. The highest BCUT2D eigenvalue weighted by atomic mass is 28.4. The van der Waals surface area contributed by atoms with Crippen LogP contribution in [0, 0.1) is 5.92 Å². The second kappa shape index (κ2) is 10.6. The molecule has 6 heteroatoms. The molecular formula is C26H50O2Si4. The number of allylic oxidation sites excluding steroid dienone is 8. The topological polar surface area (TPSA) is 18.5 Å². The summed E-state index contributed by atoms with van der Waals surface area (Å²) >= 11 is 0. The van der Waals surface area contributed by atoms with Gasteiger partial charge in [-0.1, -0.05) is 67.8 Å². The van der Waals surface area contributed by atoms with E-state index in [0.29, 0.717) is 5.92 Å². The van der Waals surface area contributed by atoms with E-state index in [2.05, 4.69) is 96.7 Å². The quantitative estimate of drug-likeness (QED) is 0.248. The normalized spacial score (nSPS) is 18.1. The maximum atomic E-state index is 6.25. The largest absolute Gasteiger partial charge is 0.418 e. The molecular weight excluding hydrogens is 457 g/mol. The zero-order chi connectivity index (χ0) is 24.4.